The molecule has 5 rings (SSSR count). The number of hydrogen-bond donors (Lipinski definition) is 0. The molecule has 4 nitrogen and oxygen atoms in total. The Morgan fingerprint density at radius 3 is 2.58 bits per heavy atom. The van der Waals surface area contributed by atoms with Gasteiger partial charge in [-0.25, -0.2) is 0 Å². The average molecular weight is 443 g/mol. The molecule has 2 bridgehead atoms. The summed E-state index contributed by atoms with van der Waals surface area (Å²) in [5, 5.41) is 0.216. The molecule has 31 heavy (non-hydrogen) atoms. The van der Waals surface area contributed by atoms with Gasteiger partial charge < -0.3 is 13.9 Å². The third-order valence-corrected chi connectivity index (χ3v) is 14.2. The summed E-state index contributed by atoms with van der Waals surface area (Å²) >= 11 is 0. The Kier molecular flexibility index (Phi) is 4.51. The Morgan fingerprint density at radius 2 is 1.90 bits per heavy atom. The van der Waals surface area contributed by atoms with Crippen molar-refractivity contribution in [1.82, 2.24) is 0 Å². The lowest BCUT2D eigenvalue weighted by Gasteiger charge is -2.55. The molecule has 3 aliphatic carbocycles. The number of rotatable bonds is 3. The number of allylic oxidation sites excluding steroid dienone is 1. The standard InChI is InChI=1S/C26H38O4Si/c1-23(2,3)31(6,7)29-21-9-8-20-24(21,4)12-10-17-16-18-22(28-5)19(27)11-13-25(18)14-15-26(17,20)30-25/h11,13,16,20-21H,8-10,12,14-15H2,1-7H3/t20-,21?,24+,25?,26+/m1/s1. The summed E-state index contributed by atoms with van der Waals surface area (Å²) in [6.45, 7) is 14.2. The van der Waals surface area contributed by atoms with Gasteiger partial charge in [-0.2, -0.15) is 0 Å². The lowest BCUT2D eigenvalue weighted by molar-refractivity contribution is -0.135. The van der Waals surface area contributed by atoms with E-state index in [9.17, 15) is 4.79 Å². The molecule has 0 aromatic carbocycles. The van der Waals surface area contributed by atoms with E-state index in [1.165, 1.54) is 5.57 Å². The molecule has 2 saturated carbocycles. The molecule has 2 unspecified atom stereocenters. The number of methoxy groups -OCH3 is 1. The van der Waals surface area contributed by atoms with Crippen molar-refractivity contribution in [3.63, 3.8) is 0 Å². The zero-order valence-corrected chi connectivity index (χ0v) is 21.3. The monoisotopic (exact) mass is 442 g/mol. The SMILES string of the molecule is COC1=C2C=C3CC[C@]4(C)C(O[Si](C)(C)C(C)(C)C)CC[C@H]4[C@]34CCC2(C=CC1=O)O4. The van der Waals surface area contributed by atoms with Crippen LogP contribution in [0.4, 0.5) is 0 Å². The van der Waals surface area contributed by atoms with Gasteiger partial charge in [0.2, 0.25) is 5.78 Å². The first-order valence-electron chi connectivity index (χ1n) is 12.0. The molecule has 3 fully saturated rings. The van der Waals surface area contributed by atoms with E-state index in [0.29, 0.717) is 17.8 Å². The van der Waals surface area contributed by atoms with Gasteiger partial charge in [0.15, 0.2) is 14.1 Å². The van der Waals surface area contributed by atoms with E-state index >= 15 is 0 Å². The normalized spacial score (nSPS) is 41.6. The first kappa shape index (κ1) is 21.7. The van der Waals surface area contributed by atoms with Crippen molar-refractivity contribution < 1.29 is 18.7 Å². The molecule has 2 heterocycles. The van der Waals surface area contributed by atoms with Crippen molar-refractivity contribution >= 4 is 14.1 Å². The molecule has 2 spiro atoms. The highest BCUT2D eigenvalue weighted by atomic mass is 28.4. The maximum Gasteiger partial charge on any atom is 0.220 e. The third-order valence-electron chi connectivity index (χ3n) is 9.71. The van der Waals surface area contributed by atoms with Crippen LogP contribution in [0, 0.1) is 11.3 Å². The summed E-state index contributed by atoms with van der Waals surface area (Å²) in [5.41, 5.74) is 1.74. The fraction of sp³-hybridized carbons (Fsp3) is 0.731. The Labute approximate surface area is 188 Å². The molecule has 1 saturated heterocycles. The van der Waals surface area contributed by atoms with Gasteiger partial charge in [0.05, 0.1) is 18.8 Å². The maximum atomic E-state index is 12.4. The summed E-state index contributed by atoms with van der Waals surface area (Å²) in [7, 11) is -0.243. The molecular weight excluding hydrogens is 404 g/mol. The van der Waals surface area contributed by atoms with Crippen molar-refractivity contribution in [2.24, 2.45) is 11.3 Å². The molecular formula is C26H38O4Si. The fourth-order valence-electron chi connectivity index (χ4n) is 6.91. The second-order valence-corrected chi connectivity index (χ2v) is 17.0. The second kappa shape index (κ2) is 6.45. The Morgan fingerprint density at radius 1 is 1.16 bits per heavy atom. The fourth-order valence-corrected chi connectivity index (χ4v) is 8.36. The van der Waals surface area contributed by atoms with E-state index in [0.717, 1.165) is 44.1 Å². The Hall–Kier alpha value is -1.17. The van der Waals surface area contributed by atoms with Gasteiger partial charge in [0.25, 0.3) is 0 Å². The van der Waals surface area contributed by atoms with E-state index in [-0.39, 0.29) is 21.8 Å². The quantitative estimate of drug-likeness (QED) is 0.514. The number of ketones is 1. The average Bonchev–Trinajstić information content (AvgIpc) is 3.17. The lowest BCUT2D eigenvalue weighted by Crippen LogP contribution is -2.56. The number of carbonyl (C=O) groups is 1. The number of fused-ring (bicyclic) bond motifs is 1. The molecule has 5 aliphatic rings. The Balaban J connectivity index is 1.53. The first-order chi connectivity index (χ1) is 14.4. The van der Waals surface area contributed by atoms with Gasteiger partial charge in [-0.3, -0.25) is 4.79 Å². The van der Waals surface area contributed by atoms with Crippen LogP contribution in [0.2, 0.25) is 18.1 Å². The first-order valence-corrected chi connectivity index (χ1v) is 14.9. The van der Waals surface area contributed by atoms with Crippen LogP contribution in [-0.4, -0.2) is 38.5 Å². The van der Waals surface area contributed by atoms with Crippen LogP contribution in [0.5, 0.6) is 0 Å². The second-order valence-electron chi connectivity index (χ2n) is 12.2. The topological polar surface area (TPSA) is 44.8 Å². The van der Waals surface area contributed by atoms with Gasteiger partial charge in [-0.1, -0.05) is 27.7 Å². The molecule has 5 atom stereocenters. The van der Waals surface area contributed by atoms with Crippen LogP contribution < -0.4 is 0 Å². The van der Waals surface area contributed by atoms with Crippen LogP contribution in [0.3, 0.4) is 0 Å². The van der Waals surface area contributed by atoms with E-state index in [4.69, 9.17) is 13.9 Å². The summed E-state index contributed by atoms with van der Waals surface area (Å²) < 4.78 is 19.7. The zero-order chi connectivity index (χ0) is 22.4. The summed E-state index contributed by atoms with van der Waals surface area (Å²) in [6.07, 6.45) is 12.6. The third kappa shape index (κ3) is 2.75. The van der Waals surface area contributed by atoms with Crippen LogP contribution in [0.15, 0.2) is 35.1 Å². The molecule has 2 aliphatic heterocycles. The minimum absolute atomic E-state index is 0.0488. The van der Waals surface area contributed by atoms with E-state index < -0.39 is 13.9 Å². The minimum Gasteiger partial charge on any atom is -0.492 e. The van der Waals surface area contributed by atoms with Gasteiger partial charge in [0, 0.05) is 5.57 Å². The zero-order valence-electron chi connectivity index (χ0n) is 20.3. The smallest absolute Gasteiger partial charge is 0.220 e. The van der Waals surface area contributed by atoms with Crippen LogP contribution in [0.25, 0.3) is 0 Å². The van der Waals surface area contributed by atoms with Crippen molar-refractivity contribution in [2.45, 2.75) is 102 Å². The van der Waals surface area contributed by atoms with Crippen molar-refractivity contribution in [3.05, 3.63) is 35.1 Å². The largest absolute Gasteiger partial charge is 0.492 e. The van der Waals surface area contributed by atoms with E-state index in [1.807, 2.05) is 6.08 Å². The molecule has 0 aromatic rings. The maximum absolute atomic E-state index is 12.4. The number of ether oxygens (including phenoxy) is 2. The van der Waals surface area contributed by atoms with Crippen molar-refractivity contribution in [1.29, 1.82) is 0 Å². The van der Waals surface area contributed by atoms with Gasteiger partial charge in [-0.05, 0) is 91.8 Å². The highest BCUT2D eigenvalue weighted by Gasteiger charge is 2.67. The Bertz CT molecular complexity index is 922. The van der Waals surface area contributed by atoms with Gasteiger partial charge in [-0.15, -0.1) is 0 Å². The molecule has 0 amide bonds. The summed E-state index contributed by atoms with van der Waals surface area (Å²) in [5.74, 6) is 0.879. The summed E-state index contributed by atoms with van der Waals surface area (Å²) in [4.78, 5) is 12.4. The van der Waals surface area contributed by atoms with Crippen molar-refractivity contribution in [3.8, 4) is 0 Å². The van der Waals surface area contributed by atoms with Crippen LogP contribution in [0.1, 0.15) is 66.2 Å². The number of hydrogen-bond acceptors (Lipinski definition) is 4. The molecule has 0 N–H and O–H groups in total. The molecule has 5 heteroatoms. The minimum atomic E-state index is -1.84. The predicted molar refractivity (Wildman–Crippen MR) is 124 cm³/mol. The molecule has 170 valence electrons. The highest BCUT2D eigenvalue weighted by molar-refractivity contribution is 6.74. The predicted octanol–water partition coefficient (Wildman–Crippen LogP) is 5.85. The van der Waals surface area contributed by atoms with Gasteiger partial charge >= 0.3 is 0 Å². The summed E-state index contributed by atoms with van der Waals surface area (Å²) in [6, 6.07) is 0. The number of carbonyl (C=O) groups excluding carboxylic acids is 1. The van der Waals surface area contributed by atoms with Crippen LogP contribution >= 0.6 is 0 Å². The lowest BCUT2D eigenvalue weighted by atomic mass is 9.58. The van der Waals surface area contributed by atoms with Crippen molar-refractivity contribution in [2.75, 3.05) is 7.11 Å². The van der Waals surface area contributed by atoms with Gasteiger partial charge in [0.1, 0.15) is 5.60 Å². The molecule has 0 aromatic heterocycles. The van der Waals surface area contributed by atoms with Crippen LogP contribution in [-0.2, 0) is 18.7 Å². The molecule has 0 radical (unpaired) electrons. The van der Waals surface area contributed by atoms with E-state index in [1.54, 1.807) is 13.2 Å². The van der Waals surface area contributed by atoms with E-state index in [2.05, 4.69) is 46.9 Å². The highest BCUT2D eigenvalue weighted by Crippen LogP contribution is 2.67.